The minimum atomic E-state index is -1.26. The lowest BCUT2D eigenvalue weighted by atomic mass is 9.85. The summed E-state index contributed by atoms with van der Waals surface area (Å²) in [4.78, 5) is 52.3. The van der Waals surface area contributed by atoms with E-state index in [2.05, 4.69) is 72.1 Å². The zero-order valence-corrected chi connectivity index (χ0v) is 30.5. The van der Waals surface area contributed by atoms with Crippen LogP contribution in [0, 0.1) is 0 Å². The van der Waals surface area contributed by atoms with Crippen molar-refractivity contribution in [2.45, 2.75) is 33.1 Å². The number of methoxy groups -OCH3 is 1. The Morgan fingerprint density at radius 1 is 0.902 bits per heavy atom. The molecule has 9 nitrogen and oxygen atoms in total. The normalized spacial score (nSPS) is 17.9. The highest BCUT2D eigenvalue weighted by Gasteiger charge is 2.30. The van der Waals surface area contributed by atoms with Crippen LogP contribution in [0.15, 0.2) is 136 Å². The molecule has 2 heterocycles. The molecule has 6 rings (SSSR count). The van der Waals surface area contributed by atoms with E-state index in [1.165, 1.54) is 58.2 Å². The number of ketones is 2. The molecule has 1 fully saturated rings. The van der Waals surface area contributed by atoms with E-state index in [1.54, 1.807) is 6.08 Å². The number of rotatable bonds is 8. The molecule has 2 unspecified atom stereocenters. The van der Waals surface area contributed by atoms with E-state index in [4.69, 9.17) is 14.9 Å². The van der Waals surface area contributed by atoms with E-state index >= 15 is 0 Å². The SMILES string of the molecule is C=CC(C1=CC(=O)C(OC)=CC1=O)c1ccccc1.CSc1ccc2c(c1)C(N1CCN(C)CC1)Cc1ccccc1S2.O=C(O)C=CC(=O)O. The van der Waals surface area contributed by atoms with Crippen molar-refractivity contribution in [2.75, 3.05) is 46.6 Å². The minimum absolute atomic E-state index is 0.0737. The molecule has 266 valence electrons. The molecule has 1 aliphatic carbocycles. The van der Waals surface area contributed by atoms with Crippen LogP contribution in [0.2, 0.25) is 0 Å². The summed E-state index contributed by atoms with van der Waals surface area (Å²) < 4.78 is 4.86. The van der Waals surface area contributed by atoms with Crippen LogP contribution in [0.4, 0.5) is 0 Å². The number of carbonyl (C=O) groups is 4. The molecule has 3 aromatic carbocycles. The minimum Gasteiger partial charge on any atom is -0.493 e. The molecular formula is C40H42N2O7S2. The topological polar surface area (TPSA) is 124 Å². The molecule has 2 N–H and O–H groups in total. The van der Waals surface area contributed by atoms with Gasteiger partial charge < -0.3 is 19.8 Å². The zero-order valence-electron chi connectivity index (χ0n) is 28.9. The summed E-state index contributed by atoms with van der Waals surface area (Å²) in [7, 11) is 3.60. The lowest BCUT2D eigenvalue weighted by Crippen LogP contribution is -2.46. The van der Waals surface area contributed by atoms with Gasteiger partial charge in [0.2, 0.25) is 5.78 Å². The average molecular weight is 727 g/mol. The first kappa shape index (κ1) is 39.1. The summed E-state index contributed by atoms with van der Waals surface area (Å²) in [5.41, 5.74) is 4.37. The fourth-order valence-electron chi connectivity index (χ4n) is 5.88. The first-order valence-electron chi connectivity index (χ1n) is 16.3. The Hall–Kier alpha value is -4.68. The van der Waals surface area contributed by atoms with Gasteiger partial charge in [-0.3, -0.25) is 14.5 Å². The number of benzene rings is 3. The van der Waals surface area contributed by atoms with Crippen molar-refractivity contribution >= 4 is 47.0 Å². The van der Waals surface area contributed by atoms with Gasteiger partial charge in [-0.05, 0) is 66.8 Å². The molecule has 0 bridgehead atoms. The number of nitrogens with zero attached hydrogens (tertiary/aromatic N) is 2. The molecule has 0 aromatic heterocycles. The molecule has 0 radical (unpaired) electrons. The van der Waals surface area contributed by atoms with Crippen molar-refractivity contribution in [3.63, 3.8) is 0 Å². The summed E-state index contributed by atoms with van der Waals surface area (Å²) in [5, 5.41) is 15.6. The maximum absolute atomic E-state index is 12.1. The highest BCUT2D eigenvalue weighted by molar-refractivity contribution is 7.99. The van der Waals surface area contributed by atoms with Crippen LogP contribution in [-0.4, -0.2) is 90.1 Å². The number of aliphatic carboxylic acids is 2. The third kappa shape index (κ3) is 10.9. The van der Waals surface area contributed by atoms with E-state index in [0.29, 0.717) is 23.8 Å². The second-order valence-electron chi connectivity index (χ2n) is 11.8. The van der Waals surface area contributed by atoms with Gasteiger partial charge in [0.15, 0.2) is 11.5 Å². The predicted octanol–water partition coefficient (Wildman–Crippen LogP) is 6.68. The number of thioether (sulfide) groups is 1. The zero-order chi connectivity index (χ0) is 36.9. The summed E-state index contributed by atoms with van der Waals surface area (Å²) in [6, 6.07) is 25.9. The number of hydrogen-bond donors (Lipinski definition) is 2. The summed E-state index contributed by atoms with van der Waals surface area (Å²) in [6.07, 6.45) is 8.64. The molecular weight excluding hydrogens is 685 g/mol. The van der Waals surface area contributed by atoms with Crippen molar-refractivity contribution in [1.82, 2.24) is 9.80 Å². The molecule has 2 aliphatic heterocycles. The Balaban J connectivity index is 0.000000193. The number of carbonyl (C=O) groups excluding carboxylic acids is 2. The quantitative estimate of drug-likeness (QED) is 0.112. The van der Waals surface area contributed by atoms with E-state index < -0.39 is 11.9 Å². The average Bonchev–Trinajstić information content (AvgIpc) is 3.30. The number of piperazine rings is 1. The van der Waals surface area contributed by atoms with Gasteiger partial charge in [-0.1, -0.05) is 66.4 Å². The molecule has 51 heavy (non-hydrogen) atoms. The second-order valence-corrected chi connectivity index (χ2v) is 13.8. The Bertz CT molecular complexity index is 1810. The standard InChI is InChI=1S/C20H24N2S2.C16H14O3.C4H4O4/c1-21-9-11-22(12-10-21)18-13-15-5-3-4-6-19(15)24-20-8-7-16(23-2)14-17(18)20;1-3-12(11-7-5-4-6-8-11)13-9-15(18)16(19-2)10-14(13)17;5-3(6)1-2-4(7)8/h3-8,14,18H,9-13H2,1-2H3;3-10,12H,1H2,2H3;1-2H,(H,5,6)(H,7,8). The van der Waals surface area contributed by atoms with Crippen LogP contribution in [0.1, 0.15) is 28.7 Å². The van der Waals surface area contributed by atoms with Crippen LogP contribution in [0.3, 0.4) is 0 Å². The number of likely N-dealkylation sites (N-methyl/N-ethyl adjacent to an activating group) is 1. The highest BCUT2D eigenvalue weighted by Crippen LogP contribution is 2.44. The van der Waals surface area contributed by atoms with Crippen molar-refractivity contribution in [3.8, 4) is 0 Å². The maximum atomic E-state index is 12.1. The van der Waals surface area contributed by atoms with Gasteiger partial charge in [-0.25, -0.2) is 9.59 Å². The molecule has 3 aliphatic rings. The molecule has 2 atom stereocenters. The highest BCUT2D eigenvalue weighted by atomic mass is 32.2. The Morgan fingerprint density at radius 2 is 1.55 bits per heavy atom. The number of fused-ring (bicyclic) bond motifs is 2. The first-order chi connectivity index (χ1) is 24.5. The van der Waals surface area contributed by atoms with E-state index in [-0.39, 0.29) is 23.2 Å². The van der Waals surface area contributed by atoms with Gasteiger partial charge >= 0.3 is 11.9 Å². The maximum Gasteiger partial charge on any atom is 0.328 e. The summed E-state index contributed by atoms with van der Waals surface area (Å²) in [5.74, 6) is -3.23. The van der Waals surface area contributed by atoms with E-state index in [1.807, 2.05) is 53.9 Å². The van der Waals surface area contributed by atoms with Crippen LogP contribution in [-0.2, 0) is 30.3 Å². The summed E-state index contributed by atoms with van der Waals surface area (Å²) in [6.45, 7) is 8.42. The molecule has 11 heteroatoms. The van der Waals surface area contributed by atoms with Gasteiger partial charge in [-0.15, -0.1) is 18.3 Å². The van der Waals surface area contributed by atoms with E-state index in [0.717, 1.165) is 25.1 Å². The number of carboxylic acid groups (broad SMARTS) is 2. The van der Waals surface area contributed by atoms with E-state index in [9.17, 15) is 19.2 Å². The first-order valence-corrected chi connectivity index (χ1v) is 18.3. The lowest BCUT2D eigenvalue weighted by molar-refractivity contribution is -0.134. The van der Waals surface area contributed by atoms with Crippen molar-refractivity contribution < 1.29 is 34.1 Å². The lowest BCUT2D eigenvalue weighted by Gasteiger charge is -2.38. The molecule has 0 amide bonds. The largest absolute Gasteiger partial charge is 0.493 e. The third-order valence-electron chi connectivity index (χ3n) is 8.55. The molecule has 0 spiro atoms. The molecule has 1 saturated heterocycles. The summed E-state index contributed by atoms with van der Waals surface area (Å²) >= 11 is 3.79. The van der Waals surface area contributed by atoms with Gasteiger partial charge in [0.05, 0.1) is 7.11 Å². The number of allylic oxidation sites excluding steroid dienone is 4. The number of hydrogen-bond acceptors (Lipinski definition) is 9. The van der Waals surface area contributed by atoms with Gasteiger partial charge in [-0.2, -0.15) is 0 Å². The Kier molecular flexibility index (Phi) is 14.6. The predicted molar refractivity (Wildman–Crippen MR) is 201 cm³/mol. The number of ether oxygens (including phenoxy) is 1. The van der Waals surface area contributed by atoms with Crippen LogP contribution >= 0.6 is 23.5 Å². The van der Waals surface area contributed by atoms with Crippen LogP contribution in [0.25, 0.3) is 0 Å². The van der Waals surface area contributed by atoms with Crippen LogP contribution in [0.5, 0.6) is 0 Å². The molecule has 0 saturated carbocycles. The Morgan fingerprint density at radius 3 is 2.16 bits per heavy atom. The second kappa shape index (κ2) is 19.1. The third-order valence-corrected chi connectivity index (χ3v) is 10.5. The monoisotopic (exact) mass is 726 g/mol. The number of carboxylic acids is 2. The Labute approximate surface area is 307 Å². The van der Waals surface area contributed by atoms with Crippen LogP contribution < -0.4 is 0 Å². The van der Waals surface area contributed by atoms with Crippen molar-refractivity contribution in [1.29, 1.82) is 0 Å². The smallest absolute Gasteiger partial charge is 0.328 e. The van der Waals surface area contributed by atoms with Crippen molar-refractivity contribution in [3.05, 3.63) is 138 Å². The van der Waals surface area contributed by atoms with Gasteiger partial charge in [0.25, 0.3) is 0 Å². The molecule has 3 aromatic rings. The fraction of sp³-hybridized carbons (Fsp3) is 0.250. The van der Waals surface area contributed by atoms with Gasteiger partial charge in [0.1, 0.15) is 0 Å². The fourth-order valence-corrected chi connectivity index (χ4v) is 7.44. The van der Waals surface area contributed by atoms with Gasteiger partial charge in [0, 0.05) is 76.6 Å². The van der Waals surface area contributed by atoms with Crippen molar-refractivity contribution in [2.24, 2.45) is 0 Å².